The molecular weight excluding hydrogens is 197 g/mol. The largest absolute Gasteiger partial charge is 0.508 e. The molecule has 1 aromatic carbocycles. The van der Waals surface area contributed by atoms with Crippen LogP contribution in [0.3, 0.4) is 0 Å². The van der Waals surface area contributed by atoms with Gasteiger partial charge in [0.05, 0.1) is 0 Å². The molecule has 0 saturated heterocycles. The van der Waals surface area contributed by atoms with Crippen molar-refractivity contribution < 1.29 is 9.46 Å². The molecule has 3 nitrogen and oxygen atoms in total. The first-order valence-corrected chi connectivity index (χ1v) is 5.91. The molecule has 0 bridgehead atoms. The summed E-state index contributed by atoms with van der Waals surface area (Å²) >= 11 is 0. The van der Waals surface area contributed by atoms with Crippen molar-refractivity contribution >= 4 is 13.7 Å². The van der Waals surface area contributed by atoms with Crippen molar-refractivity contribution in [3.63, 3.8) is 0 Å². The number of anilines is 1. The van der Waals surface area contributed by atoms with Crippen molar-refractivity contribution in [1.82, 2.24) is 0 Å². The van der Waals surface area contributed by atoms with Crippen LogP contribution in [0.1, 0.15) is 18.9 Å². The summed E-state index contributed by atoms with van der Waals surface area (Å²) in [5.74, 6) is 0. The van der Waals surface area contributed by atoms with E-state index in [1.165, 1.54) is 0 Å². The number of benzene rings is 1. The summed E-state index contributed by atoms with van der Waals surface area (Å²) in [6, 6.07) is 7.42. The molecule has 0 aliphatic heterocycles. The minimum atomic E-state index is -2.08. The van der Waals surface area contributed by atoms with E-state index < -0.39 is 8.03 Å². The van der Waals surface area contributed by atoms with Crippen molar-refractivity contribution in [3.05, 3.63) is 29.8 Å². The highest BCUT2D eigenvalue weighted by atomic mass is 31.1. The zero-order chi connectivity index (χ0) is 10.6. The second-order valence-electron chi connectivity index (χ2n) is 3.31. The second kappa shape index (κ2) is 5.08. The Morgan fingerprint density at radius 2 is 2.00 bits per heavy atom. The average Bonchev–Trinajstić information content (AvgIpc) is 2.16. The van der Waals surface area contributed by atoms with Gasteiger partial charge in [-0.15, -0.1) is 0 Å². The van der Waals surface area contributed by atoms with Crippen LogP contribution in [0.4, 0.5) is 5.69 Å². The fourth-order valence-electron chi connectivity index (χ4n) is 1.30. The molecule has 0 amide bonds. The number of hydrogen-bond donors (Lipinski definition) is 2. The van der Waals surface area contributed by atoms with Gasteiger partial charge in [-0.05, 0) is 28.7 Å². The predicted octanol–water partition coefficient (Wildman–Crippen LogP) is 2.32. The quantitative estimate of drug-likeness (QED) is 0.594. The topological polar surface area (TPSA) is 63.3 Å². The molecule has 2 unspecified atom stereocenters. The van der Waals surface area contributed by atoms with Gasteiger partial charge in [-0.25, -0.2) is 0 Å². The lowest BCUT2D eigenvalue weighted by Gasteiger charge is -2.02. The summed E-state index contributed by atoms with van der Waals surface area (Å²) in [4.78, 5) is 9.01. The lowest BCUT2D eigenvalue weighted by Crippen LogP contribution is -2.04. The smallest absolute Gasteiger partial charge is 0.399 e. The molecule has 3 N–H and O–H groups in total. The molecule has 0 aliphatic carbocycles. The van der Waals surface area contributed by atoms with Crippen LogP contribution in [0.25, 0.3) is 0 Å². The molecule has 1 rings (SSSR count). The average molecular weight is 212 g/mol. The van der Waals surface area contributed by atoms with E-state index in [1.807, 2.05) is 31.2 Å². The lowest BCUT2D eigenvalue weighted by molar-refractivity contribution is 0.485. The van der Waals surface area contributed by atoms with Crippen LogP contribution in [0.5, 0.6) is 0 Å². The Hall–Kier alpha value is -0.920. The minimum absolute atomic E-state index is 0.145. The van der Waals surface area contributed by atoms with Gasteiger partial charge in [-0.3, -0.25) is 0 Å². The Morgan fingerprint density at radius 3 is 2.43 bits per heavy atom. The first-order valence-electron chi connectivity index (χ1n) is 4.63. The molecule has 0 fully saturated rings. The molecule has 0 spiro atoms. The third-order valence-corrected chi connectivity index (χ3v) is 3.41. The van der Waals surface area contributed by atoms with Gasteiger partial charge in [-0.1, -0.05) is 19.1 Å². The predicted molar refractivity (Wildman–Crippen MR) is 58.5 cm³/mol. The zero-order valence-electron chi connectivity index (χ0n) is 8.18. The van der Waals surface area contributed by atoms with Crippen molar-refractivity contribution in [2.45, 2.75) is 25.4 Å². The highest BCUT2D eigenvalue weighted by Gasteiger charge is 2.26. The van der Waals surface area contributed by atoms with Crippen LogP contribution >= 0.6 is 8.03 Å². The van der Waals surface area contributed by atoms with Crippen LogP contribution in [0.2, 0.25) is 0 Å². The monoisotopic (exact) mass is 212 g/mol. The minimum Gasteiger partial charge on any atom is -0.399 e. The molecule has 2 atom stereocenters. The van der Waals surface area contributed by atoms with Crippen molar-refractivity contribution in [1.29, 1.82) is 0 Å². The van der Waals surface area contributed by atoms with Crippen LogP contribution in [-0.2, 0) is 11.0 Å². The van der Waals surface area contributed by atoms with E-state index in [0.717, 1.165) is 17.7 Å². The highest BCUT2D eigenvalue weighted by Crippen LogP contribution is 2.28. The van der Waals surface area contributed by atoms with Gasteiger partial charge in [0.2, 0.25) is 0 Å². The fraction of sp³-hybridized carbons (Fsp3) is 0.400. The number of rotatable bonds is 4. The first-order chi connectivity index (χ1) is 6.63. The molecule has 0 saturated carbocycles. The Morgan fingerprint density at radius 1 is 1.43 bits per heavy atom. The van der Waals surface area contributed by atoms with Crippen LogP contribution in [0, 0.1) is 0 Å². The van der Waals surface area contributed by atoms with Gasteiger partial charge < -0.3 is 5.73 Å². The Kier molecular flexibility index (Phi) is 4.05. The van der Waals surface area contributed by atoms with Crippen molar-refractivity contribution in [2.24, 2.45) is 0 Å². The van der Waals surface area contributed by atoms with E-state index in [4.69, 9.17) is 10.6 Å². The Labute approximate surface area is 84.8 Å². The summed E-state index contributed by atoms with van der Waals surface area (Å²) < 4.78 is 10.9. The molecule has 0 radical (unpaired) electrons. The molecule has 14 heavy (non-hydrogen) atoms. The molecule has 0 heterocycles. The van der Waals surface area contributed by atoms with Gasteiger partial charge in [0, 0.05) is 12.1 Å². The fourth-order valence-corrected chi connectivity index (χ4v) is 1.98. The van der Waals surface area contributed by atoms with E-state index in [0.29, 0.717) is 6.42 Å². The maximum absolute atomic E-state index is 10.9. The number of nitrogens with two attached hydrogens (primary N) is 1. The Bertz CT molecular complexity index is 310. The normalized spacial score (nSPS) is 13.7. The summed E-state index contributed by atoms with van der Waals surface area (Å²) in [5, 5.41) is 0. The summed E-state index contributed by atoms with van der Waals surface area (Å²) in [5.41, 5.74) is 7.17. The Balaban J connectivity index is 2.67. The molecular formula is C10H15NO2P+. The molecule has 4 heteroatoms. The van der Waals surface area contributed by atoms with E-state index in [2.05, 4.69) is 0 Å². The van der Waals surface area contributed by atoms with Gasteiger partial charge in [-0.2, -0.15) is 4.89 Å². The second-order valence-corrected chi connectivity index (χ2v) is 4.65. The van der Waals surface area contributed by atoms with Gasteiger partial charge in [0.25, 0.3) is 0 Å². The molecule has 1 aromatic rings. The third-order valence-electron chi connectivity index (χ3n) is 2.23. The van der Waals surface area contributed by atoms with Crippen LogP contribution in [0.15, 0.2) is 24.3 Å². The van der Waals surface area contributed by atoms with Crippen LogP contribution < -0.4 is 5.73 Å². The van der Waals surface area contributed by atoms with Crippen molar-refractivity contribution in [3.8, 4) is 0 Å². The third kappa shape index (κ3) is 3.09. The van der Waals surface area contributed by atoms with Gasteiger partial charge in [0.1, 0.15) is 0 Å². The maximum Gasteiger partial charge on any atom is 0.508 e. The molecule has 0 aromatic heterocycles. The van der Waals surface area contributed by atoms with E-state index in [9.17, 15) is 4.57 Å². The lowest BCUT2D eigenvalue weighted by atomic mass is 10.1. The molecule has 76 valence electrons. The summed E-state index contributed by atoms with van der Waals surface area (Å²) in [6.45, 7) is 1.92. The zero-order valence-corrected chi connectivity index (χ0v) is 9.08. The van der Waals surface area contributed by atoms with Crippen LogP contribution in [-0.4, -0.2) is 10.6 Å². The van der Waals surface area contributed by atoms with E-state index in [1.54, 1.807) is 0 Å². The van der Waals surface area contributed by atoms with Gasteiger partial charge >= 0.3 is 8.03 Å². The van der Waals surface area contributed by atoms with E-state index in [-0.39, 0.29) is 5.66 Å². The first kappa shape index (κ1) is 11.2. The maximum atomic E-state index is 10.9. The number of nitrogen functional groups attached to an aromatic ring is 1. The summed E-state index contributed by atoms with van der Waals surface area (Å²) in [6.07, 6.45) is 1.36. The SMILES string of the molecule is CCC(Cc1ccc(N)cc1)[P+](=O)O. The molecule has 0 aliphatic rings. The van der Waals surface area contributed by atoms with Crippen molar-refractivity contribution in [2.75, 3.05) is 5.73 Å². The summed E-state index contributed by atoms with van der Waals surface area (Å²) in [7, 11) is -2.08. The highest BCUT2D eigenvalue weighted by molar-refractivity contribution is 7.38. The van der Waals surface area contributed by atoms with E-state index >= 15 is 0 Å². The van der Waals surface area contributed by atoms with Gasteiger partial charge in [0.15, 0.2) is 5.66 Å². The number of hydrogen-bond acceptors (Lipinski definition) is 2. The standard InChI is InChI=1S/C10H14NO2P/c1-2-10(14(12)13)7-8-3-5-9(11)6-4-8/h3-6,10H,2,7,11H2,1H3/p+1.